The minimum atomic E-state index is -0.822. The maximum Gasteiger partial charge on any atom is 0.337 e. The molecule has 0 N–H and O–H groups in total. The number of fused-ring (bicyclic) bond motifs is 1. The van der Waals surface area contributed by atoms with Gasteiger partial charge in [0, 0.05) is 0 Å². The molecular formula is C2H3O3P. The second-order valence-corrected chi connectivity index (χ2v) is 2.29. The van der Waals surface area contributed by atoms with E-state index < -0.39 is 8.60 Å². The zero-order chi connectivity index (χ0) is 3.98. The molecule has 3 aliphatic heterocycles. The second-order valence-electron chi connectivity index (χ2n) is 1.16. The Hall–Kier alpha value is 0.310. The van der Waals surface area contributed by atoms with Crippen molar-refractivity contribution >= 4 is 8.60 Å². The molecule has 0 atom stereocenters. The fraction of sp³-hybridized carbons (Fsp3) is 1.00. The molecule has 0 aliphatic carbocycles. The van der Waals surface area contributed by atoms with Gasteiger partial charge in [0.25, 0.3) is 0 Å². The van der Waals surface area contributed by atoms with E-state index >= 15 is 0 Å². The van der Waals surface area contributed by atoms with Crippen molar-refractivity contribution in [3.8, 4) is 0 Å². The molecule has 6 heavy (non-hydrogen) atoms. The molecule has 3 aliphatic rings. The van der Waals surface area contributed by atoms with Crippen molar-refractivity contribution < 1.29 is 13.6 Å². The van der Waals surface area contributed by atoms with Gasteiger partial charge in [-0.2, -0.15) is 0 Å². The maximum absolute atomic E-state index is 4.87. The average molecular weight is 106 g/mol. The molecule has 0 radical (unpaired) electrons. The van der Waals surface area contributed by atoms with E-state index in [0.717, 1.165) is 0 Å². The molecule has 0 saturated carbocycles. The standard InChI is InChI=1S/C2H3O3P/c1-2-4-6(3-1)5-2/h2H,1H2. The molecule has 3 heterocycles. The summed E-state index contributed by atoms with van der Waals surface area (Å²) in [5.74, 6) is 0. The van der Waals surface area contributed by atoms with Gasteiger partial charge in [-0.05, 0) is 0 Å². The van der Waals surface area contributed by atoms with E-state index in [0.29, 0.717) is 6.61 Å². The molecule has 0 aromatic carbocycles. The minimum absolute atomic E-state index is 0.00360. The molecular weight excluding hydrogens is 103 g/mol. The third kappa shape index (κ3) is 0.267. The Kier molecular flexibility index (Phi) is 0.515. The fourth-order valence-electron chi connectivity index (χ4n) is 0.443. The summed E-state index contributed by atoms with van der Waals surface area (Å²) in [4.78, 5) is 0. The zero-order valence-corrected chi connectivity index (χ0v) is 3.85. The van der Waals surface area contributed by atoms with Crippen molar-refractivity contribution in [1.29, 1.82) is 0 Å². The number of hydrogen-bond donors (Lipinski definition) is 0. The lowest BCUT2D eigenvalue weighted by Crippen LogP contribution is -2.14. The topological polar surface area (TPSA) is 27.7 Å². The fourth-order valence-corrected chi connectivity index (χ4v) is 1.33. The molecule has 2 bridgehead atoms. The van der Waals surface area contributed by atoms with Gasteiger partial charge in [-0.15, -0.1) is 0 Å². The van der Waals surface area contributed by atoms with Crippen LogP contribution in [0.25, 0.3) is 0 Å². The van der Waals surface area contributed by atoms with E-state index in [1.165, 1.54) is 0 Å². The van der Waals surface area contributed by atoms with Crippen molar-refractivity contribution in [3.63, 3.8) is 0 Å². The summed E-state index contributed by atoms with van der Waals surface area (Å²) < 4.78 is 14.6. The van der Waals surface area contributed by atoms with Gasteiger partial charge in [-0.25, -0.2) is 0 Å². The third-order valence-electron chi connectivity index (χ3n) is 0.723. The highest BCUT2D eigenvalue weighted by molar-refractivity contribution is 7.43. The van der Waals surface area contributed by atoms with Crippen LogP contribution in [0.3, 0.4) is 0 Å². The molecule has 0 aromatic rings. The lowest BCUT2D eigenvalue weighted by Gasteiger charge is -2.17. The Morgan fingerprint density at radius 3 is 2.50 bits per heavy atom. The van der Waals surface area contributed by atoms with Crippen LogP contribution in [0.15, 0.2) is 0 Å². The first-order valence-electron chi connectivity index (χ1n) is 1.72. The molecule has 0 aromatic heterocycles. The lowest BCUT2D eigenvalue weighted by molar-refractivity contribution is -0.0327. The summed E-state index contributed by atoms with van der Waals surface area (Å²) in [7, 11) is -0.822. The molecule has 4 heteroatoms. The average Bonchev–Trinajstić information content (AvgIpc) is 1.72. The van der Waals surface area contributed by atoms with Crippen LogP contribution in [0, 0.1) is 0 Å². The summed E-state index contributed by atoms with van der Waals surface area (Å²) in [5.41, 5.74) is 0. The second kappa shape index (κ2) is 0.928. The molecule has 0 amide bonds. The molecule has 3 rings (SSSR count). The van der Waals surface area contributed by atoms with E-state index in [-0.39, 0.29) is 6.29 Å². The van der Waals surface area contributed by atoms with Gasteiger partial charge >= 0.3 is 8.60 Å². The smallest absolute Gasteiger partial charge is 0.307 e. The minimum Gasteiger partial charge on any atom is -0.307 e. The molecule has 3 saturated heterocycles. The molecule has 34 valence electrons. The zero-order valence-electron chi connectivity index (χ0n) is 2.96. The van der Waals surface area contributed by atoms with Crippen LogP contribution in [0.5, 0.6) is 0 Å². The summed E-state index contributed by atoms with van der Waals surface area (Å²) in [6.45, 7) is 0.645. The van der Waals surface area contributed by atoms with Crippen LogP contribution >= 0.6 is 8.60 Å². The Balaban J connectivity index is 2.16. The molecule has 0 spiro atoms. The van der Waals surface area contributed by atoms with E-state index in [1.807, 2.05) is 0 Å². The third-order valence-corrected chi connectivity index (χ3v) is 1.90. The van der Waals surface area contributed by atoms with Gasteiger partial charge in [0.1, 0.15) is 6.61 Å². The largest absolute Gasteiger partial charge is 0.337 e. The van der Waals surface area contributed by atoms with Crippen LogP contribution in [0.2, 0.25) is 0 Å². The van der Waals surface area contributed by atoms with Crippen LogP contribution < -0.4 is 0 Å². The SMILES string of the molecule is C1OP2OC1O2. The van der Waals surface area contributed by atoms with Gasteiger partial charge < -0.3 is 4.52 Å². The molecule has 0 unspecified atom stereocenters. The van der Waals surface area contributed by atoms with Crippen molar-refractivity contribution in [3.05, 3.63) is 0 Å². The number of hydrogen-bond acceptors (Lipinski definition) is 3. The maximum atomic E-state index is 4.87. The van der Waals surface area contributed by atoms with Gasteiger partial charge in [-0.1, -0.05) is 0 Å². The highest BCUT2D eigenvalue weighted by Gasteiger charge is 2.42. The Morgan fingerprint density at radius 1 is 1.50 bits per heavy atom. The van der Waals surface area contributed by atoms with E-state index in [9.17, 15) is 0 Å². The van der Waals surface area contributed by atoms with Crippen molar-refractivity contribution in [2.24, 2.45) is 0 Å². The molecule has 3 fully saturated rings. The van der Waals surface area contributed by atoms with E-state index in [4.69, 9.17) is 13.6 Å². The monoisotopic (exact) mass is 106 g/mol. The lowest BCUT2D eigenvalue weighted by atomic mass is 10.7. The quantitative estimate of drug-likeness (QED) is 0.423. The Morgan fingerprint density at radius 2 is 2.33 bits per heavy atom. The van der Waals surface area contributed by atoms with Gasteiger partial charge in [0.2, 0.25) is 0 Å². The first-order valence-corrected chi connectivity index (χ1v) is 2.81. The van der Waals surface area contributed by atoms with Crippen molar-refractivity contribution in [1.82, 2.24) is 0 Å². The molecule has 3 nitrogen and oxygen atoms in total. The van der Waals surface area contributed by atoms with Crippen molar-refractivity contribution in [2.75, 3.05) is 6.61 Å². The predicted octanol–water partition coefficient (Wildman–Crippen LogP) is 0.616. The van der Waals surface area contributed by atoms with E-state index in [1.54, 1.807) is 0 Å². The van der Waals surface area contributed by atoms with Crippen LogP contribution in [-0.2, 0) is 13.6 Å². The first kappa shape index (κ1) is 3.33. The Labute approximate surface area is 36.2 Å². The summed E-state index contributed by atoms with van der Waals surface area (Å²) >= 11 is 0. The highest BCUT2D eigenvalue weighted by Crippen LogP contribution is 2.58. The number of rotatable bonds is 0. The van der Waals surface area contributed by atoms with E-state index in [2.05, 4.69) is 0 Å². The van der Waals surface area contributed by atoms with Crippen molar-refractivity contribution in [2.45, 2.75) is 6.29 Å². The predicted molar refractivity (Wildman–Crippen MR) is 18.8 cm³/mol. The van der Waals surface area contributed by atoms with Crippen LogP contribution in [0.1, 0.15) is 0 Å². The normalized spacial score (nSPS) is 52.0. The summed E-state index contributed by atoms with van der Waals surface area (Å²) in [6.07, 6.45) is -0.00360. The van der Waals surface area contributed by atoms with Crippen LogP contribution in [0.4, 0.5) is 0 Å². The highest BCUT2D eigenvalue weighted by atomic mass is 31.2. The Bertz CT molecular complexity index is 55.7. The summed E-state index contributed by atoms with van der Waals surface area (Å²) in [6, 6.07) is 0. The van der Waals surface area contributed by atoms with Gasteiger partial charge in [0.05, 0.1) is 0 Å². The van der Waals surface area contributed by atoms with Gasteiger partial charge in [0.15, 0.2) is 6.29 Å². The van der Waals surface area contributed by atoms with Crippen LogP contribution in [-0.4, -0.2) is 12.9 Å². The van der Waals surface area contributed by atoms with Gasteiger partial charge in [-0.3, -0.25) is 9.05 Å². The first-order chi connectivity index (χ1) is 2.95. The summed E-state index contributed by atoms with van der Waals surface area (Å²) in [5, 5.41) is 0.